The van der Waals surface area contributed by atoms with E-state index in [4.69, 9.17) is 4.52 Å². The van der Waals surface area contributed by atoms with Gasteiger partial charge in [-0.3, -0.25) is 9.78 Å². The number of aryl methyl sites for hydroxylation is 1. The third-order valence-corrected chi connectivity index (χ3v) is 4.36. The summed E-state index contributed by atoms with van der Waals surface area (Å²) in [5.41, 5.74) is 5.98. The van der Waals surface area contributed by atoms with Crippen molar-refractivity contribution in [1.29, 1.82) is 0 Å². The van der Waals surface area contributed by atoms with E-state index in [9.17, 15) is 4.79 Å². The summed E-state index contributed by atoms with van der Waals surface area (Å²) in [7, 11) is 0. The molecule has 1 N–H and O–H groups in total. The number of pyridine rings is 1. The van der Waals surface area contributed by atoms with Gasteiger partial charge in [0.2, 0.25) is 17.6 Å². The zero-order valence-electron chi connectivity index (χ0n) is 16.1. The highest BCUT2D eigenvalue weighted by molar-refractivity contribution is 6.13. The second kappa shape index (κ2) is 9.38. The van der Waals surface area contributed by atoms with E-state index in [0.29, 0.717) is 23.8 Å². The molecule has 2 aromatic carbocycles. The van der Waals surface area contributed by atoms with Gasteiger partial charge in [-0.1, -0.05) is 65.8 Å². The van der Waals surface area contributed by atoms with Crippen LogP contribution in [-0.2, 0) is 11.2 Å². The van der Waals surface area contributed by atoms with Crippen molar-refractivity contribution < 1.29 is 9.32 Å². The minimum Gasteiger partial charge on any atom is -0.339 e. The second-order valence-corrected chi connectivity index (χ2v) is 6.48. The topological polar surface area (TPSA) is 93.3 Å². The maximum atomic E-state index is 12.3. The summed E-state index contributed by atoms with van der Waals surface area (Å²) in [4.78, 5) is 20.6. The summed E-state index contributed by atoms with van der Waals surface area (Å²) in [6.45, 7) is 0. The van der Waals surface area contributed by atoms with Gasteiger partial charge in [0.1, 0.15) is 0 Å². The summed E-state index contributed by atoms with van der Waals surface area (Å²) in [6, 6.07) is 23.0. The number of hydrogen-bond acceptors (Lipinski definition) is 6. The van der Waals surface area contributed by atoms with Crippen LogP contribution in [0.2, 0.25) is 0 Å². The molecular weight excluding hydrogens is 378 g/mol. The van der Waals surface area contributed by atoms with Gasteiger partial charge in [0.05, 0.1) is 5.71 Å². The van der Waals surface area contributed by atoms with Crippen LogP contribution < -0.4 is 5.43 Å². The Bertz CT molecular complexity index is 1080. The van der Waals surface area contributed by atoms with E-state index in [1.54, 1.807) is 24.5 Å². The first kappa shape index (κ1) is 19.2. The fourth-order valence-corrected chi connectivity index (χ4v) is 2.86. The van der Waals surface area contributed by atoms with Crippen LogP contribution in [0.3, 0.4) is 0 Å². The Morgan fingerprint density at radius 2 is 1.53 bits per heavy atom. The molecule has 1 amide bonds. The van der Waals surface area contributed by atoms with E-state index in [1.807, 2.05) is 60.7 Å². The van der Waals surface area contributed by atoms with E-state index in [1.165, 1.54) is 0 Å². The molecule has 0 aliphatic carbocycles. The van der Waals surface area contributed by atoms with E-state index in [0.717, 1.165) is 16.7 Å². The standard InChI is InChI=1S/C23H19N5O2/c29-20(11-12-21-25-23(28-30-21)19-13-15-24-16-14-19)26-27-22(17-7-3-1-4-8-17)18-9-5-2-6-10-18/h1-10,13-16H,11-12H2,(H,26,29). The first-order chi connectivity index (χ1) is 14.8. The Morgan fingerprint density at radius 1 is 0.900 bits per heavy atom. The first-order valence-corrected chi connectivity index (χ1v) is 9.50. The monoisotopic (exact) mass is 397 g/mol. The minimum atomic E-state index is -0.233. The van der Waals surface area contributed by atoms with Gasteiger partial charge < -0.3 is 4.52 Å². The predicted molar refractivity (Wildman–Crippen MR) is 113 cm³/mol. The van der Waals surface area contributed by atoms with Gasteiger partial charge in [0.15, 0.2) is 0 Å². The normalized spacial score (nSPS) is 10.4. The molecule has 0 bridgehead atoms. The molecule has 0 atom stereocenters. The van der Waals surface area contributed by atoms with Crippen LogP contribution in [0.4, 0.5) is 0 Å². The molecular formula is C23H19N5O2. The van der Waals surface area contributed by atoms with Crippen molar-refractivity contribution in [2.75, 3.05) is 0 Å². The van der Waals surface area contributed by atoms with Crippen LogP contribution in [0.15, 0.2) is 94.8 Å². The Morgan fingerprint density at radius 3 is 2.17 bits per heavy atom. The second-order valence-electron chi connectivity index (χ2n) is 6.48. The van der Waals surface area contributed by atoms with Gasteiger partial charge in [-0.25, -0.2) is 5.43 Å². The molecule has 0 aliphatic heterocycles. The summed E-state index contributed by atoms with van der Waals surface area (Å²) >= 11 is 0. The summed E-state index contributed by atoms with van der Waals surface area (Å²) in [5.74, 6) is 0.636. The van der Waals surface area contributed by atoms with Crippen LogP contribution in [0, 0.1) is 0 Å². The van der Waals surface area contributed by atoms with Gasteiger partial charge in [0, 0.05) is 41.9 Å². The lowest BCUT2D eigenvalue weighted by Crippen LogP contribution is -2.21. The molecule has 2 aromatic heterocycles. The summed E-state index contributed by atoms with van der Waals surface area (Å²) < 4.78 is 5.24. The Hall–Kier alpha value is -4.13. The third-order valence-electron chi connectivity index (χ3n) is 4.36. The number of rotatable bonds is 7. The van der Waals surface area contributed by atoms with E-state index < -0.39 is 0 Å². The van der Waals surface area contributed by atoms with E-state index in [-0.39, 0.29) is 12.3 Å². The van der Waals surface area contributed by atoms with E-state index >= 15 is 0 Å². The fraction of sp³-hybridized carbons (Fsp3) is 0.0870. The number of carbonyl (C=O) groups excluding carboxylic acids is 1. The largest absolute Gasteiger partial charge is 0.339 e. The lowest BCUT2D eigenvalue weighted by Gasteiger charge is -2.07. The molecule has 4 aromatic rings. The molecule has 0 spiro atoms. The van der Waals surface area contributed by atoms with Gasteiger partial charge in [-0.05, 0) is 12.1 Å². The number of carbonyl (C=O) groups is 1. The smallest absolute Gasteiger partial charge is 0.240 e. The number of hydrazone groups is 1. The molecule has 148 valence electrons. The van der Waals surface area contributed by atoms with Crippen molar-refractivity contribution in [3.05, 3.63) is 102 Å². The number of amides is 1. The molecule has 0 unspecified atom stereocenters. The molecule has 0 radical (unpaired) electrons. The van der Waals surface area contributed by atoms with Gasteiger partial charge in [-0.2, -0.15) is 10.1 Å². The number of benzene rings is 2. The quantitative estimate of drug-likeness (QED) is 0.380. The van der Waals surface area contributed by atoms with Crippen molar-refractivity contribution in [2.45, 2.75) is 12.8 Å². The molecule has 2 heterocycles. The predicted octanol–water partition coefficient (Wildman–Crippen LogP) is 3.63. The lowest BCUT2D eigenvalue weighted by atomic mass is 10.0. The molecule has 0 aliphatic rings. The van der Waals surface area contributed by atoms with Gasteiger partial charge in [0.25, 0.3) is 0 Å². The van der Waals surface area contributed by atoms with Crippen molar-refractivity contribution in [3.63, 3.8) is 0 Å². The third kappa shape index (κ3) is 4.82. The zero-order chi connectivity index (χ0) is 20.6. The van der Waals surface area contributed by atoms with Crippen LogP contribution in [-0.4, -0.2) is 26.7 Å². The van der Waals surface area contributed by atoms with Crippen LogP contribution >= 0.6 is 0 Å². The van der Waals surface area contributed by atoms with Crippen molar-refractivity contribution in [1.82, 2.24) is 20.6 Å². The fourth-order valence-electron chi connectivity index (χ4n) is 2.86. The molecule has 30 heavy (non-hydrogen) atoms. The van der Waals surface area contributed by atoms with E-state index in [2.05, 4.69) is 25.7 Å². The molecule has 0 fully saturated rings. The van der Waals surface area contributed by atoms with Gasteiger partial charge >= 0.3 is 0 Å². The Balaban J connectivity index is 1.41. The van der Waals surface area contributed by atoms with Crippen molar-refractivity contribution in [3.8, 4) is 11.4 Å². The maximum Gasteiger partial charge on any atom is 0.240 e. The molecule has 0 saturated carbocycles. The maximum absolute atomic E-state index is 12.3. The number of aromatic nitrogens is 3. The molecule has 0 saturated heterocycles. The molecule has 7 heteroatoms. The van der Waals surface area contributed by atoms with Crippen LogP contribution in [0.25, 0.3) is 11.4 Å². The molecule has 7 nitrogen and oxygen atoms in total. The van der Waals surface area contributed by atoms with Crippen LogP contribution in [0.1, 0.15) is 23.4 Å². The SMILES string of the molecule is O=C(CCc1nc(-c2ccncc2)no1)NN=C(c1ccccc1)c1ccccc1. The Kier molecular flexibility index (Phi) is 6.00. The average Bonchev–Trinajstić information content (AvgIpc) is 3.29. The average molecular weight is 397 g/mol. The highest BCUT2D eigenvalue weighted by atomic mass is 16.5. The summed E-state index contributed by atoms with van der Waals surface area (Å²) in [6.07, 6.45) is 3.82. The van der Waals surface area contributed by atoms with Gasteiger partial charge in [-0.15, -0.1) is 0 Å². The minimum absolute atomic E-state index is 0.179. The van der Waals surface area contributed by atoms with Crippen molar-refractivity contribution in [2.24, 2.45) is 5.10 Å². The molecule has 4 rings (SSSR count). The first-order valence-electron chi connectivity index (χ1n) is 9.50. The number of nitrogens with zero attached hydrogens (tertiary/aromatic N) is 4. The number of hydrogen-bond donors (Lipinski definition) is 1. The van der Waals surface area contributed by atoms with Crippen LogP contribution in [0.5, 0.6) is 0 Å². The number of nitrogens with one attached hydrogen (secondary N) is 1. The summed E-state index contributed by atoms with van der Waals surface area (Å²) in [5, 5.41) is 8.32. The van der Waals surface area contributed by atoms with Crippen molar-refractivity contribution >= 4 is 11.6 Å². The highest BCUT2D eigenvalue weighted by Gasteiger charge is 2.11. The highest BCUT2D eigenvalue weighted by Crippen LogP contribution is 2.15. The zero-order valence-corrected chi connectivity index (χ0v) is 16.1. The Labute approximate surface area is 173 Å². The lowest BCUT2D eigenvalue weighted by molar-refractivity contribution is -0.121.